The molecule has 26 heavy (non-hydrogen) atoms. The van der Waals surface area contributed by atoms with Crippen molar-refractivity contribution in [3.63, 3.8) is 0 Å². The first-order chi connectivity index (χ1) is 12.7. The van der Waals surface area contributed by atoms with E-state index in [0.717, 1.165) is 29.0 Å². The number of amidine groups is 1. The highest BCUT2D eigenvalue weighted by Crippen LogP contribution is 2.32. The summed E-state index contributed by atoms with van der Waals surface area (Å²) < 4.78 is 5.19. The minimum atomic E-state index is -0.0751. The van der Waals surface area contributed by atoms with Crippen LogP contribution in [0.15, 0.2) is 52.0 Å². The Labute approximate surface area is 161 Å². The van der Waals surface area contributed by atoms with Gasteiger partial charge in [-0.2, -0.15) is 5.10 Å². The van der Waals surface area contributed by atoms with Crippen molar-refractivity contribution in [2.45, 2.75) is 31.6 Å². The molecule has 0 bridgehead atoms. The van der Waals surface area contributed by atoms with Gasteiger partial charge in [-0.1, -0.05) is 43.3 Å². The number of hydrogen-bond donors (Lipinski definition) is 0. The Bertz CT molecular complexity index is 786. The van der Waals surface area contributed by atoms with E-state index in [9.17, 15) is 4.79 Å². The highest BCUT2D eigenvalue weighted by molar-refractivity contribution is 8.15. The molecular weight excluding hydrogens is 366 g/mol. The van der Waals surface area contributed by atoms with Gasteiger partial charge in [-0.15, -0.1) is 16.4 Å². The molecule has 7 heteroatoms. The molecule has 2 heterocycles. The standard InChI is InChI=1S/C19H21N3O2S2/c1-3-5-17-18(23)22(13-14-7-9-15(24-2)10-8-14)19(26-17)21-20-12-16-6-4-11-25-16/h4,6-12,17H,3,5,13H2,1-2H3/b20-12-,21-19-/t17-/m1/s1. The van der Waals surface area contributed by atoms with Gasteiger partial charge in [0.15, 0.2) is 5.17 Å². The van der Waals surface area contributed by atoms with Crippen LogP contribution < -0.4 is 4.74 Å². The molecule has 1 aromatic carbocycles. The minimum Gasteiger partial charge on any atom is -0.497 e. The van der Waals surface area contributed by atoms with Crippen LogP contribution in [0.4, 0.5) is 0 Å². The molecule has 1 aliphatic rings. The fourth-order valence-corrected chi connectivity index (χ4v) is 4.38. The largest absolute Gasteiger partial charge is 0.497 e. The second-order valence-electron chi connectivity index (χ2n) is 5.81. The SMILES string of the molecule is CCC[C@H]1S/C(=N\N=C/c2cccs2)N(Cc2ccc(OC)cc2)C1=O. The molecule has 0 aliphatic carbocycles. The molecule has 0 unspecified atom stereocenters. The van der Waals surface area contributed by atoms with Crippen molar-refractivity contribution in [1.29, 1.82) is 0 Å². The van der Waals surface area contributed by atoms with E-state index in [4.69, 9.17) is 4.74 Å². The molecule has 1 aromatic heterocycles. The maximum atomic E-state index is 12.8. The number of rotatable bonds is 7. The lowest BCUT2D eigenvalue weighted by atomic mass is 10.2. The van der Waals surface area contributed by atoms with Crippen LogP contribution in [-0.4, -0.2) is 34.5 Å². The number of carbonyl (C=O) groups is 1. The predicted molar refractivity (Wildman–Crippen MR) is 109 cm³/mol. The van der Waals surface area contributed by atoms with Gasteiger partial charge in [0.05, 0.1) is 25.1 Å². The van der Waals surface area contributed by atoms with E-state index in [0.29, 0.717) is 11.7 Å². The van der Waals surface area contributed by atoms with E-state index in [1.54, 1.807) is 29.6 Å². The summed E-state index contributed by atoms with van der Waals surface area (Å²) in [5.74, 6) is 0.909. The zero-order chi connectivity index (χ0) is 18.4. The van der Waals surface area contributed by atoms with Gasteiger partial charge in [-0.3, -0.25) is 9.69 Å². The minimum absolute atomic E-state index is 0.0751. The van der Waals surface area contributed by atoms with Crippen LogP contribution in [-0.2, 0) is 11.3 Å². The zero-order valence-electron chi connectivity index (χ0n) is 14.8. The number of benzene rings is 1. The maximum absolute atomic E-state index is 12.8. The fraction of sp³-hybridized carbons (Fsp3) is 0.316. The van der Waals surface area contributed by atoms with Gasteiger partial charge >= 0.3 is 0 Å². The second-order valence-corrected chi connectivity index (χ2v) is 7.96. The Hall–Kier alpha value is -2.12. The topological polar surface area (TPSA) is 54.3 Å². The molecule has 2 aromatic rings. The fourth-order valence-electron chi connectivity index (χ4n) is 2.59. The quantitative estimate of drug-likeness (QED) is 0.523. The smallest absolute Gasteiger partial charge is 0.242 e. The van der Waals surface area contributed by atoms with Gasteiger partial charge in [0.2, 0.25) is 5.91 Å². The summed E-state index contributed by atoms with van der Waals surface area (Å²) in [6, 6.07) is 11.7. The Morgan fingerprint density at radius 3 is 2.73 bits per heavy atom. The number of methoxy groups -OCH3 is 1. The lowest BCUT2D eigenvalue weighted by Crippen LogP contribution is -2.31. The number of hydrogen-bond acceptors (Lipinski definition) is 6. The number of amides is 1. The first kappa shape index (κ1) is 18.7. The Morgan fingerprint density at radius 1 is 1.27 bits per heavy atom. The number of thioether (sulfide) groups is 1. The van der Waals surface area contributed by atoms with E-state index in [1.165, 1.54) is 11.8 Å². The van der Waals surface area contributed by atoms with Gasteiger partial charge < -0.3 is 4.74 Å². The molecule has 1 atom stereocenters. The highest BCUT2D eigenvalue weighted by Gasteiger charge is 2.37. The van der Waals surface area contributed by atoms with Crippen LogP contribution in [0.1, 0.15) is 30.2 Å². The van der Waals surface area contributed by atoms with Crippen LogP contribution in [0.25, 0.3) is 0 Å². The van der Waals surface area contributed by atoms with Gasteiger partial charge in [-0.05, 0) is 35.6 Å². The zero-order valence-corrected chi connectivity index (χ0v) is 16.4. The summed E-state index contributed by atoms with van der Waals surface area (Å²) in [5.41, 5.74) is 1.03. The van der Waals surface area contributed by atoms with Gasteiger partial charge in [0.25, 0.3) is 0 Å². The summed E-state index contributed by atoms with van der Waals surface area (Å²) in [7, 11) is 1.64. The summed E-state index contributed by atoms with van der Waals surface area (Å²) in [5, 5.41) is 11.1. The van der Waals surface area contributed by atoms with Gasteiger partial charge in [-0.25, -0.2) is 0 Å². The molecule has 0 saturated carbocycles. The molecule has 3 rings (SSSR count). The Kier molecular flexibility index (Phi) is 6.46. The Balaban J connectivity index is 1.78. The summed E-state index contributed by atoms with van der Waals surface area (Å²) in [6.45, 7) is 2.58. The number of thiophene rings is 1. The monoisotopic (exact) mass is 387 g/mol. The molecule has 136 valence electrons. The molecular formula is C19H21N3O2S2. The van der Waals surface area contributed by atoms with E-state index in [2.05, 4.69) is 17.1 Å². The summed E-state index contributed by atoms with van der Waals surface area (Å²) in [4.78, 5) is 15.5. The molecule has 0 N–H and O–H groups in total. The summed E-state index contributed by atoms with van der Waals surface area (Å²) in [6.07, 6.45) is 3.53. The second kappa shape index (κ2) is 9.00. The van der Waals surface area contributed by atoms with Crippen molar-refractivity contribution in [2.75, 3.05) is 7.11 Å². The first-order valence-electron chi connectivity index (χ1n) is 8.46. The van der Waals surface area contributed by atoms with Crippen molar-refractivity contribution >= 4 is 40.4 Å². The number of carbonyl (C=O) groups excluding carboxylic acids is 1. The molecule has 1 amide bonds. The van der Waals surface area contributed by atoms with Gasteiger partial charge in [0, 0.05) is 4.88 Å². The molecule has 0 radical (unpaired) electrons. The highest BCUT2D eigenvalue weighted by atomic mass is 32.2. The third-order valence-electron chi connectivity index (χ3n) is 3.94. The third kappa shape index (κ3) is 4.53. The number of ether oxygens (including phenoxy) is 1. The average molecular weight is 388 g/mol. The van der Waals surface area contributed by atoms with E-state index < -0.39 is 0 Å². The lowest BCUT2D eigenvalue weighted by molar-refractivity contribution is -0.126. The molecule has 5 nitrogen and oxygen atoms in total. The molecule has 1 fully saturated rings. The van der Waals surface area contributed by atoms with Crippen molar-refractivity contribution in [2.24, 2.45) is 10.2 Å². The number of nitrogens with zero attached hydrogens (tertiary/aromatic N) is 3. The van der Waals surface area contributed by atoms with Gasteiger partial charge in [0.1, 0.15) is 5.75 Å². The molecule has 1 aliphatic heterocycles. The van der Waals surface area contributed by atoms with Crippen LogP contribution in [0.2, 0.25) is 0 Å². The third-order valence-corrected chi connectivity index (χ3v) is 5.98. The maximum Gasteiger partial charge on any atom is 0.242 e. The lowest BCUT2D eigenvalue weighted by Gasteiger charge is -2.16. The molecule has 0 spiro atoms. The van der Waals surface area contributed by atoms with E-state index in [-0.39, 0.29) is 11.2 Å². The average Bonchev–Trinajstić information content (AvgIpc) is 3.27. The predicted octanol–water partition coefficient (Wildman–Crippen LogP) is 4.39. The van der Waals surface area contributed by atoms with E-state index in [1.807, 2.05) is 41.8 Å². The normalized spacial score (nSPS) is 19.0. The van der Waals surface area contributed by atoms with Crippen LogP contribution in [0, 0.1) is 0 Å². The van der Waals surface area contributed by atoms with Crippen LogP contribution in [0.3, 0.4) is 0 Å². The van der Waals surface area contributed by atoms with Crippen molar-refractivity contribution in [3.8, 4) is 5.75 Å². The summed E-state index contributed by atoms with van der Waals surface area (Å²) >= 11 is 3.11. The van der Waals surface area contributed by atoms with Crippen molar-refractivity contribution < 1.29 is 9.53 Å². The van der Waals surface area contributed by atoms with Crippen LogP contribution in [0.5, 0.6) is 5.75 Å². The van der Waals surface area contributed by atoms with Crippen LogP contribution >= 0.6 is 23.1 Å². The Morgan fingerprint density at radius 2 is 2.08 bits per heavy atom. The van der Waals surface area contributed by atoms with E-state index >= 15 is 0 Å². The molecule has 1 saturated heterocycles. The van der Waals surface area contributed by atoms with Crippen molar-refractivity contribution in [3.05, 3.63) is 52.2 Å². The van der Waals surface area contributed by atoms with Crippen molar-refractivity contribution in [1.82, 2.24) is 4.90 Å². The first-order valence-corrected chi connectivity index (χ1v) is 10.2.